The molecule has 0 aliphatic rings. The summed E-state index contributed by atoms with van der Waals surface area (Å²) in [7, 11) is 0. The van der Waals surface area contributed by atoms with Gasteiger partial charge in [-0.05, 0) is 6.92 Å². The van der Waals surface area contributed by atoms with Gasteiger partial charge in [-0.25, -0.2) is 0 Å². The lowest BCUT2D eigenvalue weighted by atomic mass is 10.3. The zero-order valence-corrected chi connectivity index (χ0v) is 6.78. The van der Waals surface area contributed by atoms with Gasteiger partial charge in [-0.1, -0.05) is 0 Å². The van der Waals surface area contributed by atoms with Crippen molar-refractivity contribution in [3.63, 3.8) is 0 Å². The van der Waals surface area contributed by atoms with E-state index in [4.69, 9.17) is 0 Å². The highest BCUT2D eigenvalue weighted by atomic mass is 32.1. The third-order valence-corrected chi connectivity index (χ3v) is 1.16. The molecule has 0 saturated heterocycles. The SMILES string of the molecule is CCNC(=O)CCC(=O)S. The summed E-state index contributed by atoms with van der Waals surface area (Å²) in [6.07, 6.45) is 0.463. The second kappa shape index (κ2) is 5.29. The van der Waals surface area contributed by atoms with Crippen molar-refractivity contribution in [2.75, 3.05) is 6.54 Å². The maximum absolute atomic E-state index is 10.7. The van der Waals surface area contributed by atoms with Crippen molar-refractivity contribution in [3.8, 4) is 0 Å². The molecule has 1 amide bonds. The molecule has 0 saturated carbocycles. The van der Waals surface area contributed by atoms with Gasteiger partial charge in [0.15, 0.2) is 5.12 Å². The van der Waals surface area contributed by atoms with Gasteiger partial charge in [0, 0.05) is 19.4 Å². The van der Waals surface area contributed by atoms with Crippen LogP contribution in [0.25, 0.3) is 0 Å². The fourth-order valence-corrected chi connectivity index (χ4v) is 0.618. The van der Waals surface area contributed by atoms with E-state index in [-0.39, 0.29) is 23.9 Å². The fourth-order valence-electron chi connectivity index (χ4n) is 0.506. The Morgan fingerprint density at radius 1 is 1.40 bits per heavy atom. The van der Waals surface area contributed by atoms with Crippen LogP contribution in [0.15, 0.2) is 0 Å². The van der Waals surface area contributed by atoms with Crippen LogP contribution >= 0.6 is 12.6 Å². The Labute approximate surface area is 65.6 Å². The molecule has 10 heavy (non-hydrogen) atoms. The molecule has 0 aliphatic heterocycles. The lowest BCUT2D eigenvalue weighted by molar-refractivity contribution is -0.122. The average molecular weight is 161 g/mol. The average Bonchev–Trinajstić information content (AvgIpc) is 1.85. The number of carbonyl (C=O) groups excluding carboxylic acids is 2. The minimum atomic E-state index is -0.244. The van der Waals surface area contributed by atoms with Gasteiger partial charge in [-0.2, -0.15) is 0 Å². The molecule has 4 heteroatoms. The van der Waals surface area contributed by atoms with E-state index in [9.17, 15) is 9.59 Å². The van der Waals surface area contributed by atoms with Gasteiger partial charge in [-0.3, -0.25) is 9.59 Å². The molecular weight excluding hydrogens is 150 g/mol. The van der Waals surface area contributed by atoms with E-state index in [2.05, 4.69) is 17.9 Å². The zero-order valence-electron chi connectivity index (χ0n) is 5.89. The monoisotopic (exact) mass is 161 g/mol. The molecule has 3 nitrogen and oxygen atoms in total. The summed E-state index contributed by atoms with van der Waals surface area (Å²) in [6, 6.07) is 0. The van der Waals surface area contributed by atoms with Crippen molar-refractivity contribution in [2.24, 2.45) is 0 Å². The molecular formula is C6H11NO2S. The molecule has 0 fully saturated rings. The second-order valence-electron chi connectivity index (χ2n) is 1.85. The smallest absolute Gasteiger partial charge is 0.220 e. The van der Waals surface area contributed by atoms with E-state index in [1.807, 2.05) is 6.92 Å². The highest BCUT2D eigenvalue weighted by molar-refractivity contribution is 7.96. The number of amides is 1. The number of rotatable bonds is 4. The van der Waals surface area contributed by atoms with E-state index in [0.717, 1.165) is 0 Å². The maximum atomic E-state index is 10.7. The van der Waals surface area contributed by atoms with Crippen LogP contribution in [0.2, 0.25) is 0 Å². The summed E-state index contributed by atoms with van der Waals surface area (Å²) in [4.78, 5) is 20.9. The van der Waals surface area contributed by atoms with E-state index >= 15 is 0 Å². The van der Waals surface area contributed by atoms with E-state index in [1.54, 1.807) is 0 Å². The number of nitrogens with one attached hydrogen (secondary N) is 1. The molecule has 1 N–H and O–H groups in total. The van der Waals surface area contributed by atoms with Crippen LogP contribution in [0, 0.1) is 0 Å². The van der Waals surface area contributed by atoms with Crippen molar-refractivity contribution in [1.29, 1.82) is 0 Å². The lowest BCUT2D eigenvalue weighted by Gasteiger charge is -1.97. The minimum absolute atomic E-state index is 0.0927. The highest BCUT2D eigenvalue weighted by Gasteiger charge is 2.00. The molecule has 0 unspecified atom stereocenters. The molecule has 0 rings (SSSR count). The minimum Gasteiger partial charge on any atom is -0.356 e. The standard InChI is InChI=1S/C6H11NO2S/c1-2-7-5(8)3-4-6(9)10/h2-4H2,1H3,(H,7,8)(H,9,10). The summed E-state index contributed by atoms with van der Waals surface area (Å²) in [5.74, 6) is -0.0927. The van der Waals surface area contributed by atoms with Gasteiger partial charge in [0.25, 0.3) is 0 Å². The molecule has 0 aliphatic carbocycles. The molecule has 0 radical (unpaired) electrons. The molecule has 0 aromatic heterocycles. The summed E-state index contributed by atoms with van der Waals surface area (Å²) in [5.41, 5.74) is 0. The van der Waals surface area contributed by atoms with Gasteiger partial charge in [0.05, 0.1) is 0 Å². The first-order valence-electron chi connectivity index (χ1n) is 3.15. The molecule has 0 bridgehead atoms. The van der Waals surface area contributed by atoms with Crippen molar-refractivity contribution in [2.45, 2.75) is 19.8 Å². The number of carbonyl (C=O) groups is 2. The molecule has 0 spiro atoms. The Balaban J connectivity index is 3.30. The van der Waals surface area contributed by atoms with Crippen LogP contribution in [0.3, 0.4) is 0 Å². The third kappa shape index (κ3) is 5.62. The fraction of sp³-hybridized carbons (Fsp3) is 0.667. The molecule has 58 valence electrons. The Hall–Kier alpha value is -0.510. The third-order valence-electron chi connectivity index (χ3n) is 0.940. The largest absolute Gasteiger partial charge is 0.356 e. The molecule has 0 aromatic rings. The Kier molecular flexibility index (Phi) is 5.02. The first-order valence-corrected chi connectivity index (χ1v) is 3.60. The van der Waals surface area contributed by atoms with Crippen LogP contribution in [0.1, 0.15) is 19.8 Å². The molecule has 0 heterocycles. The summed E-state index contributed by atoms with van der Waals surface area (Å²) < 4.78 is 0. The van der Waals surface area contributed by atoms with Crippen LogP contribution in [-0.2, 0) is 9.59 Å². The van der Waals surface area contributed by atoms with Gasteiger partial charge in [0.2, 0.25) is 5.91 Å². The van der Waals surface area contributed by atoms with Crippen molar-refractivity contribution >= 4 is 23.7 Å². The first kappa shape index (κ1) is 9.49. The topological polar surface area (TPSA) is 46.2 Å². The summed E-state index contributed by atoms with van der Waals surface area (Å²) in [6.45, 7) is 2.44. The van der Waals surface area contributed by atoms with Crippen LogP contribution in [-0.4, -0.2) is 17.6 Å². The second-order valence-corrected chi connectivity index (χ2v) is 2.35. The summed E-state index contributed by atoms with van der Waals surface area (Å²) in [5, 5.41) is 2.33. The lowest BCUT2D eigenvalue weighted by Crippen LogP contribution is -2.22. The van der Waals surface area contributed by atoms with Crippen molar-refractivity contribution in [1.82, 2.24) is 5.32 Å². The highest BCUT2D eigenvalue weighted by Crippen LogP contribution is 1.92. The Bertz CT molecular complexity index is 136. The van der Waals surface area contributed by atoms with Gasteiger partial charge < -0.3 is 5.32 Å². The maximum Gasteiger partial charge on any atom is 0.220 e. The van der Waals surface area contributed by atoms with E-state index in [0.29, 0.717) is 6.54 Å². The van der Waals surface area contributed by atoms with E-state index < -0.39 is 0 Å². The van der Waals surface area contributed by atoms with Gasteiger partial charge in [-0.15, -0.1) is 12.6 Å². The number of hydrogen-bond acceptors (Lipinski definition) is 2. The van der Waals surface area contributed by atoms with Gasteiger partial charge in [0.1, 0.15) is 0 Å². The van der Waals surface area contributed by atoms with Crippen LogP contribution < -0.4 is 5.32 Å². The van der Waals surface area contributed by atoms with Crippen LogP contribution in [0.5, 0.6) is 0 Å². The molecule has 0 aromatic carbocycles. The Morgan fingerprint density at radius 3 is 2.40 bits per heavy atom. The number of thiol groups is 1. The van der Waals surface area contributed by atoms with Gasteiger partial charge >= 0.3 is 0 Å². The Morgan fingerprint density at radius 2 is 2.00 bits per heavy atom. The summed E-state index contributed by atoms with van der Waals surface area (Å²) >= 11 is 3.52. The van der Waals surface area contributed by atoms with Crippen molar-refractivity contribution < 1.29 is 9.59 Å². The first-order chi connectivity index (χ1) is 4.66. The predicted octanol–water partition coefficient (Wildman–Crippen LogP) is 0.359. The van der Waals surface area contributed by atoms with Crippen LogP contribution in [0.4, 0.5) is 0 Å². The predicted molar refractivity (Wildman–Crippen MR) is 41.9 cm³/mol. The quantitative estimate of drug-likeness (QED) is 0.585. The molecule has 0 atom stereocenters. The van der Waals surface area contributed by atoms with E-state index in [1.165, 1.54) is 0 Å². The number of hydrogen-bond donors (Lipinski definition) is 2. The zero-order chi connectivity index (χ0) is 7.98. The van der Waals surface area contributed by atoms with Crippen molar-refractivity contribution in [3.05, 3.63) is 0 Å². The normalized spacial score (nSPS) is 9.00.